The third kappa shape index (κ3) is 2.83. The molecular formula is C17H16Cl2N4O. The van der Waals surface area contributed by atoms with Crippen LogP contribution in [-0.2, 0) is 4.74 Å². The average molecular weight is 363 g/mol. The molecule has 0 aliphatic carbocycles. The predicted molar refractivity (Wildman–Crippen MR) is 95.1 cm³/mol. The fraction of sp³-hybridized carbons (Fsp3) is 0.294. The van der Waals surface area contributed by atoms with E-state index in [2.05, 4.69) is 15.0 Å². The molecule has 1 aromatic carbocycles. The molecule has 0 N–H and O–H groups in total. The van der Waals surface area contributed by atoms with E-state index in [9.17, 15) is 0 Å². The van der Waals surface area contributed by atoms with E-state index in [4.69, 9.17) is 27.9 Å². The Bertz CT molecular complexity index is 895. The number of fused-ring (bicyclic) bond motifs is 1. The molecule has 3 aromatic rings. The molecule has 3 heterocycles. The second-order valence-corrected chi connectivity index (χ2v) is 6.61. The first kappa shape index (κ1) is 15.7. The Morgan fingerprint density at radius 1 is 1.21 bits per heavy atom. The summed E-state index contributed by atoms with van der Waals surface area (Å²) in [5.41, 5.74) is 2.71. The number of nitrogens with zero attached hydrogens (tertiary/aromatic N) is 4. The Labute approximate surface area is 149 Å². The van der Waals surface area contributed by atoms with E-state index in [0.717, 1.165) is 29.3 Å². The van der Waals surface area contributed by atoms with Crippen molar-refractivity contribution in [3.63, 3.8) is 0 Å². The fourth-order valence-corrected chi connectivity index (χ4v) is 3.40. The van der Waals surface area contributed by atoms with Crippen LogP contribution in [0.1, 0.15) is 17.4 Å². The molecule has 2 aromatic heterocycles. The van der Waals surface area contributed by atoms with Gasteiger partial charge in [-0.25, -0.2) is 9.50 Å². The van der Waals surface area contributed by atoms with Crippen molar-refractivity contribution in [1.82, 2.24) is 14.6 Å². The van der Waals surface area contributed by atoms with Gasteiger partial charge in [0.1, 0.15) is 11.9 Å². The highest BCUT2D eigenvalue weighted by Crippen LogP contribution is 2.34. The lowest BCUT2D eigenvalue weighted by atomic mass is 10.1. The maximum atomic E-state index is 6.34. The molecule has 1 aliphatic rings. The van der Waals surface area contributed by atoms with Crippen LogP contribution in [0, 0.1) is 6.92 Å². The Kier molecular flexibility index (Phi) is 4.08. The van der Waals surface area contributed by atoms with Gasteiger partial charge < -0.3 is 9.64 Å². The number of morpholine rings is 1. The Morgan fingerprint density at radius 3 is 2.96 bits per heavy atom. The van der Waals surface area contributed by atoms with Crippen molar-refractivity contribution in [2.45, 2.75) is 13.0 Å². The first-order chi connectivity index (χ1) is 11.6. The summed E-state index contributed by atoms with van der Waals surface area (Å²) in [6, 6.07) is 9.60. The molecule has 124 valence electrons. The molecular weight excluding hydrogens is 347 g/mol. The van der Waals surface area contributed by atoms with Gasteiger partial charge in [-0.15, -0.1) is 5.10 Å². The number of rotatable bonds is 2. The molecule has 0 saturated carbocycles. The molecule has 1 saturated heterocycles. The van der Waals surface area contributed by atoms with Crippen molar-refractivity contribution < 1.29 is 4.74 Å². The summed E-state index contributed by atoms with van der Waals surface area (Å²) in [7, 11) is 0. The van der Waals surface area contributed by atoms with Crippen LogP contribution in [0.25, 0.3) is 5.65 Å². The zero-order valence-corrected chi connectivity index (χ0v) is 14.6. The lowest BCUT2D eigenvalue weighted by Crippen LogP contribution is -2.39. The molecule has 0 bridgehead atoms. The highest BCUT2D eigenvalue weighted by molar-refractivity contribution is 6.42. The normalized spacial score (nSPS) is 18.3. The lowest BCUT2D eigenvalue weighted by molar-refractivity contribution is 0.0395. The van der Waals surface area contributed by atoms with E-state index in [1.54, 1.807) is 6.07 Å². The molecule has 0 radical (unpaired) electrons. The number of ether oxygens (including phenoxy) is 1. The SMILES string of the molecule is Cc1cn2nc(N3CCOC(c4cccc(Cl)c4Cl)C3)ccc2n1. The largest absolute Gasteiger partial charge is 0.370 e. The van der Waals surface area contributed by atoms with Crippen LogP contribution >= 0.6 is 23.2 Å². The Hall–Kier alpha value is -1.82. The zero-order chi connectivity index (χ0) is 16.7. The minimum absolute atomic E-state index is 0.132. The monoisotopic (exact) mass is 362 g/mol. The third-order valence-corrected chi connectivity index (χ3v) is 4.98. The first-order valence-corrected chi connectivity index (χ1v) is 8.51. The van der Waals surface area contributed by atoms with Gasteiger partial charge in [0.2, 0.25) is 0 Å². The van der Waals surface area contributed by atoms with Gasteiger partial charge in [-0.2, -0.15) is 0 Å². The molecule has 1 atom stereocenters. The summed E-state index contributed by atoms with van der Waals surface area (Å²) in [5, 5.41) is 5.75. The van der Waals surface area contributed by atoms with Gasteiger partial charge in [0.05, 0.1) is 28.5 Å². The molecule has 7 heteroatoms. The summed E-state index contributed by atoms with van der Waals surface area (Å²) in [4.78, 5) is 6.60. The van der Waals surface area contributed by atoms with Crippen LogP contribution in [0.5, 0.6) is 0 Å². The van der Waals surface area contributed by atoms with Crippen LogP contribution in [0.2, 0.25) is 10.0 Å². The second kappa shape index (κ2) is 6.24. The number of aryl methyl sites for hydroxylation is 1. The van der Waals surface area contributed by atoms with Gasteiger partial charge in [-0.05, 0) is 25.1 Å². The van der Waals surface area contributed by atoms with E-state index in [1.807, 2.05) is 41.9 Å². The Morgan fingerprint density at radius 2 is 2.08 bits per heavy atom. The highest BCUT2D eigenvalue weighted by atomic mass is 35.5. The number of hydrogen-bond donors (Lipinski definition) is 0. The number of halogens is 2. The maximum Gasteiger partial charge on any atom is 0.153 e. The predicted octanol–water partition coefficient (Wildman–Crippen LogP) is 3.92. The van der Waals surface area contributed by atoms with Gasteiger partial charge in [0, 0.05) is 18.7 Å². The van der Waals surface area contributed by atoms with E-state index in [-0.39, 0.29) is 6.10 Å². The minimum Gasteiger partial charge on any atom is -0.370 e. The summed E-state index contributed by atoms with van der Waals surface area (Å²) in [5.74, 6) is 0.895. The van der Waals surface area contributed by atoms with Gasteiger partial charge in [0.15, 0.2) is 5.65 Å². The summed E-state index contributed by atoms with van der Waals surface area (Å²) >= 11 is 12.5. The van der Waals surface area contributed by atoms with Gasteiger partial charge in [-0.1, -0.05) is 35.3 Å². The summed E-state index contributed by atoms with van der Waals surface area (Å²) < 4.78 is 7.72. The first-order valence-electron chi connectivity index (χ1n) is 7.75. The smallest absolute Gasteiger partial charge is 0.153 e. The lowest BCUT2D eigenvalue weighted by Gasteiger charge is -2.34. The number of imidazole rings is 1. The molecule has 1 aliphatic heterocycles. The van der Waals surface area contributed by atoms with E-state index in [1.165, 1.54) is 0 Å². The Balaban J connectivity index is 1.62. The molecule has 24 heavy (non-hydrogen) atoms. The second-order valence-electron chi connectivity index (χ2n) is 5.83. The topological polar surface area (TPSA) is 42.7 Å². The molecule has 4 rings (SSSR count). The number of benzene rings is 1. The van der Waals surface area contributed by atoms with Crippen molar-refractivity contribution in [2.24, 2.45) is 0 Å². The van der Waals surface area contributed by atoms with Crippen molar-refractivity contribution in [1.29, 1.82) is 0 Å². The quantitative estimate of drug-likeness (QED) is 0.692. The van der Waals surface area contributed by atoms with Crippen molar-refractivity contribution in [2.75, 3.05) is 24.6 Å². The number of hydrogen-bond acceptors (Lipinski definition) is 4. The van der Waals surface area contributed by atoms with Crippen molar-refractivity contribution in [3.8, 4) is 0 Å². The van der Waals surface area contributed by atoms with E-state index >= 15 is 0 Å². The third-order valence-electron chi connectivity index (χ3n) is 4.15. The van der Waals surface area contributed by atoms with E-state index in [0.29, 0.717) is 23.2 Å². The fourth-order valence-electron chi connectivity index (χ4n) is 2.97. The number of anilines is 1. The highest BCUT2D eigenvalue weighted by Gasteiger charge is 2.25. The molecule has 1 fully saturated rings. The molecule has 5 nitrogen and oxygen atoms in total. The van der Waals surface area contributed by atoms with Gasteiger partial charge in [-0.3, -0.25) is 0 Å². The van der Waals surface area contributed by atoms with Gasteiger partial charge >= 0.3 is 0 Å². The molecule has 0 amide bonds. The van der Waals surface area contributed by atoms with Crippen molar-refractivity contribution in [3.05, 3.63) is 57.8 Å². The summed E-state index contributed by atoms with van der Waals surface area (Å²) in [6.45, 7) is 4.02. The summed E-state index contributed by atoms with van der Waals surface area (Å²) in [6.07, 6.45) is 1.79. The minimum atomic E-state index is -0.132. The van der Waals surface area contributed by atoms with Crippen molar-refractivity contribution >= 4 is 34.7 Å². The molecule has 0 spiro atoms. The van der Waals surface area contributed by atoms with Gasteiger partial charge in [0.25, 0.3) is 0 Å². The molecule has 1 unspecified atom stereocenters. The standard InChI is InChI=1S/C17H16Cl2N4O/c1-11-9-23-15(20-11)5-6-16(21-23)22-7-8-24-14(10-22)12-3-2-4-13(18)17(12)19/h2-6,9,14H,7-8,10H2,1H3. The van der Waals surface area contributed by atoms with Crippen LogP contribution in [0.3, 0.4) is 0 Å². The van der Waals surface area contributed by atoms with Crippen LogP contribution in [-0.4, -0.2) is 34.3 Å². The van der Waals surface area contributed by atoms with Crippen LogP contribution in [0.15, 0.2) is 36.5 Å². The van der Waals surface area contributed by atoms with Crippen LogP contribution in [0.4, 0.5) is 5.82 Å². The van der Waals surface area contributed by atoms with E-state index < -0.39 is 0 Å². The average Bonchev–Trinajstić information content (AvgIpc) is 2.96. The maximum absolute atomic E-state index is 6.34. The van der Waals surface area contributed by atoms with Crippen LogP contribution < -0.4 is 4.90 Å². The number of aromatic nitrogens is 3. The zero-order valence-electron chi connectivity index (χ0n) is 13.1.